The van der Waals surface area contributed by atoms with E-state index in [0.29, 0.717) is 16.3 Å². The van der Waals surface area contributed by atoms with Gasteiger partial charge in [-0.05, 0) is 54.2 Å². The van der Waals surface area contributed by atoms with Crippen molar-refractivity contribution in [3.63, 3.8) is 0 Å². The van der Waals surface area contributed by atoms with Crippen LogP contribution in [0.5, 0.6) is 5.88 Å². The number of hydrogen-bond donors (Lipinski definition) is 2. The molecule has 22 heavy (non-hydrogen) atoms. The van der Waals surface area contributed by atoms with Gasteiger partial charge < -0.3 is 5.11 Å². The Morgan fingerprint density at radius 3 is 2.68 bits per heavy atom. The predicted molar refractivity (Wildman–Crippen MR) is 89.5 cm³/mol. The Morgan fingerprint density at radius 2 is 2.05 bits per heavy atom. The second-order valence-electron chi connectivity index (χ2n) is 4.55. The first kappa shape index (κ1) is 14.5. The molecule has 0 aliphatic carbocycles. The van der Waals surface area contributed by atoms with Crippen LogP contribution in [0.25, 0.3) is 11.8 Å². The number of nitrogens with one attached hydrogen (secondary N) is 1. The van der Waals surface area contributed by atoms with Gasteiger partial charge in [0.05, 0.1) is 5.69 Å². The zero-order chi connectivity index (χ0) is 15.7. The van der Waals surface area contributed by atoms with E-state index in [-0.39, 0.29) is 16.2 Å². The Labute approximate surface area is 135 Å². The minimum absolute atomic E-state index is 0.0996. The molecule has 0 atom stereocenters. The number of aromatic amines is 1. The molecule has 3 rings (SSSR count). The third kappa shape index (κ3) is 2.66. The minimum atomic E-state index is -0.464. The molecule has 1 aliphatic heterocycles. The Bertz CT molecular complexity index is 923. The van der Waals surface area contributed by atoms with Crippen molar-refractivity contribution in [1.29, 1.82) is 0 Å². The van der Waals surface area contributed by atoms with Gasteiger partial charge in [-0.2, -0.15) is 0 Å². The van der Waals surface area contributed by atoms with Crippen molar-refractivity contribution in [2.75, 3.05) is 0 Å². The molecule has 2 aromatic rings. The largest absolute Gasteiger partial charge is 0.494 e. The molecule has 110 valence electrons. The van der Waals surface area contributed by atoms with Crippen molar-refractivity contribution in [3.05, 3.63) is 67.8 Å². The average molecular weight is 332 g/mol. The number of aromatic nitrogens is 2. The van der Waals surface area contributed by atoms with Crippen LogP contribution in [0.4, 0.5) is 0 Å². The highest BCUT2D eigenvalue weighted by Crippen LogP contribution is 2.23. The first-order valence-electron chi connectivity index (χ1n) is 6.32. The van der Waals surface area contributed by atoms with Gasteiger partial charge in [0.1, 0.15) is 5.56 Å². The zero-order valence-electron chi connectivity index (χ0n) is 11.2. The molecule has 1 aromatic carbocycles. The van der Waals surface area contributed by atoms with Crippen LogP contribution in [-0.4, -0.2) is 20.9 Å². The fraction of sp³-hybridized carbons (Fsp3) is 0. The van der Waals surface area contributed by atoms with E-state index in [1.54, 1.807) is 48.8 Å². The van der Waals surface area contributed by atoms with Crippen LogP contribution < -0.4 is 5.56 Å². The average Bonchev–Trinajstić information content (AvgIpc) is 2.98. The highest BCUT2D eigenvalue weighted by atomic mass is 35.5. The number of H-pyrrole nitrogens is 1. The van der Waals surface area contributed by atoms with Crippen molar-refractivity contribution >= 4 is 36.1 Å². The van der Waals surface area contributed by atoms with Crippen LogP contribution in [0, 0.1) is 4.77 Å². The molecular weight excluding hydrogens is 322 g/mol. The van der Waals surface area contributed by atoms with Crippen LogP contribution >= 0.6 is 23.8 Å². The molecule has 7 heteroatoms. The summed E-state index contributed by atoms with van der Waals surface area (Å²) in [6, 6.07) is 6.75. The number of halogens is 1. The van der Waals surface area contributed by atoms with E-state index in [1.165, 1.54) is 4.57 Å². The van der Waals surface area contributed by atoms with Crippen LogP contribution in [-0.2, 0) is 0 Å². The molecule has 0 saturated carbocycles. The summed E-state index contributed by atoms with van der Waals surface area (Å²) < 4.78 is 1.47. The second kappa shape index (κ2) is 5.75. The van der Waals surface area contributed by atoms with E-state index in [1.807, 2.05) is 0 Å². The molecule has 0 amide bonds. The zero-order valence-corrected chi connectivity index (χ0v) is 12.7. The maximum Gasteiger partial charge on any atom is 0.262 e. The molecule has 5 nitrogen and oxygen atoms in total. The summed E-state index contributed by atoms with van der Waals surface area (Å²) >= 11 is 11.0. The molecule has 0 fully saturated rings. The topological polar surface area (TPSA) is 70.4 Å². The van der Waals surface area contributed by atoms with Crippen molar-refractivity contribution in [2.45, 2.75) is 0 Å². The first-order valence-corrected chi connectivity index (χ1v) is 7.10. The molecule has 2 N–H and O–H groups in total. The molecule has 0 saturated heterocycles. The summed E-state index contributed by atoms with van der Waals surface area (Å²) in [7, 11) is 0. The fourth-order valence-corrected chi connectivity index (χ4v) is 2.46. The third-order valence-electron chi connectivity index (χ3n) is 3.09. The Hall–Kier alpha value is -2.44. The number of allylic oxidation sites excluding steroid dienone is 2. The van der Waals surface area contributed by atoms with Crippen molar-refractivity contribution in [1.82, 2.24) is 9.55 Å². The summed E-state index contributed by atoms with van der Waals surface area (Å²) in [4.78, 5) is 18.5. The van der Waals surface area contributed by atoms with Gasteiger partial charge in [-0.3, -0.25) is 19.3 Å². The van der Waals surface area contributed by atoms with E-state index in [0.717, 1.165) is 0 Å². The summed E-state index contributed by atoms with van der Waals surface area (Å²) in [5, 5.41) is 11.0. The van der Waals surface area contributed by atoms with Crippen LogP contribution in [0.3, 0.4) is 0 Å². The normalized spacial score (nSPS) is 14.9. The Kier molecular flexibility index (Phi) is 3.79. The van der Waals surface area contributed by atoms with Gasteiger partial charge >= 0.3 is 0 Å². The Balaban J connectivity index is 2.24. The van der Waals surface area contributed by atoms with E-state index < -0.39 is 5.56 Å². The molecule has 0 bridgehead atoms. The monoisotopic (exact) mass is 331 g/mol. The molecule has 1 aliphatic rings. The number of aromatic hydroxyl groups is 1. The fourth-order valence-electron chi connectivity index (χ4n) is 2.05. The summed E-state index contributed by atoms with van der Waals surface area (Å²) in [6.45, 7) is 0. The number of aliphatic imine (C=N–C) groups is 1. The Morgan fingerprint density at radius 1 is 1.32 bits per heavy atom. The van der Waals surface area contributed by atoms with E-state index in [9.17, 15) is 9.90 Å². The number of hydrogen-bond acceptors (Lipinski definition) is 4. The number of benzene rings is 1. The lowest BCUT2D eigenvalue weighted by molar-refractivity contribution is 0.432. The maximum atomic E-state index is 12.1. The smallest absolute Gasteiger partial charge is 0.262 e. The van der Waals surface area contributed by atoms with Crippen molar-refractivity contribution in [2.24, 2.45) is 4.99 Å². The van der Waals surface area contributed by atoms with Crippen LogP contribution in [0.1, 0.15) is 5.56 Å². The molecular formula is C15H10ClN3O2S. The van der Waals surface area contributed by atoms with Crippen molar-refractivity contribution in [3.8, 4) is 11.6 Å². The van der Waals surface area contributed by atoms with Gasteiger partial charge in [0, 0.05) is 17.4 Å². The maximum absolute atomic E-state index is 12.1. The summed E-state index contributed by atoms with van der Waals surface area (Å²) in [5.74, 6) is -0.239. The lowest BCUT2D eigenvalue weighted by Crippen LogP contribution is -2.16. The van der Waals surface area contributed by atoms with Gasteiger partial charge in [-0.15, -0.1) is 0 Å². The number of rotatable bonds is 2. The molecule has 1 aromatic heterocycles. The lowest BCUT2D eigenvalue weighted by atomic mass is 10.2. The van der Waals surface area contributed by atoms with Gasteiger partial charge in [0.25, 0.3) is 5.56 Å². The molecule has 0 unspecified atom stereocenters. The lowest BCUT2D eigenvalue weighted by Gasteiger charge is -2.11. The SMILES string of the molecule is O=c1[nH]c(=S)n(-c2ccc(Cl)cc2)c(O)c1C=C1C=CN=C1. The molecule has 0 radical (unpaired) electrons. The quantitative estimate of drug-likeness (QED) is 0.830. The van der Waals surface area contributed by atoms with Crippen molar-refractivity contribution < 1.29 is 5.11 Å². The molecule has 0 spiro atoms. The van der Waals surface area contributed by atoms with E-state index in [2.05, 4.69) is 9.98 Å². The standard InChI is InChI=1S/C15H10ClN3O2S/c16-10-1-3-11(4-2-10)19-14(21)12(13(20)18-15(19)22)7-9-5-6-17-8-9/h1-8,21H,(H,18,20,22). The summed E-state index contributed by atoms with van der Waals surface area (Å²) in [6.07, 6.45) is 6.47. The van der Waals surface area contributed by atoms with Gasteiger partial charge in [0.15, 0.2) is 4.77 Å². The second-order valence-corrected chi connectivity index (χ2v) is 5.37. The minimum Gasteiger partial charge on any atom is -0.494 e. The molecule has 2 heterocycles. The first-order chi connectivity index (χ1) is 10.6. The van der Waals surface area contributed by atoms with E-state index >= 15 is 0 Å². The summed E-state index contributed by atoms with van der Waals surface area (Å²) in [5.41, 5.74) is 0.949. The predicted octanol–water partition coefficient (Wildman–Crippen LogP) is 3.24. The third-order valence-corrected chi connectivity index (χ3v) is 3.63. The van der Waals surface area contributed by atoms with Crippen LogP contribution in [0.15, 0.2) is 51.9 Å². The van der Waals surface area contributed by atoms with Gasteiger partial charge in [-0.1, -0.05) is 11.6 Å². The highest BCUT2D eigenvalue weighted by Gasteiger charge is 2.13. The van der Waals surface area contributed by atoms with E-state index in [4.69, 9.17) is 23.8 Å². The van der Waals surface area contributed by atoms with Crippen LogP contribution in [0.2, 0.25) is 5.02 Å². The van der Waals surface area contributed by atoms with Gasteiger partial charge in [-0.25, -0.2) is 0 Å². The van der Waals surface area contributed by atoms with Gasteiger partial charge in [0.2, 0.25) is 5.88 Å². The highest BCUT2D eigenvalue weighted by molar-refractivity contribution is 7.71. The number of nitrogens with zero attached hydrogens (tertiary/aromatic N) is 2.